The molecule has 1 amide bonds. The fourth-order valence-corrected chi connectivity index (χ4v) is 1.81. The number of carbonyl (C=O) groups is 1. The molecule has 0 unspecified atom stereocenters. The molecule has 1 atom stereocenters. The van der Waals surface area contributed by atoms with Gasteiger partial charge in [0.2, 0.25) is 5.91 Å². The first kappa shape index (κ1) is 13.7. The molecule has 0 aromatic carbocycles. The van der Waals surface area contributed by atoms with Crippen molar-refractivity contribution in [2.24, 2.45) is 5.92 Å². The molecule has 17 heavy (non-hydrogen) atoms. The minimum atomic E-state index is 0.0963. The van der Waals surface area contributed by atoms with Crippen LogP contribution in [0.2, 0.25) is 0 Å². The summed E-state index contributed by atoms with van der Waals surface area (Å²) in [5, 5.41) is 2.89. The molecule has 0 fully saturated rings. The third-order valence-electron chi connectivity index (χ3n) is 2.91. The van der Waals surface area contributed by atoms with Gasteiger partial charge < -0.3 is 5.32 Å². The molecule has 1 aromatic rings. The van der Waals surface area contributed by atoms with Crippen LogP contribution in [0.1, 0.15) is 45.2 Å². The Hall–Kier alpha value is -1.38. The Morgan fingerprint density at radius 1 is 1.41 bits per heavy atom. The Kier molecular flexibility index (Phi) is 5.67. The average Bonchev–Trinajstić information content (AvgIpc) is 2.30. The van der Waals surface area contributed by atoms with E-state index in [1.165, 1.54) is 0 Å². The van der Waals surface area contributed by atoms with Gasteiger partial charge in [0.25, 0.3) is 0 Å². The number of amides is 1. The number of anilines is 1. The van der Waals surface area contributed by atoms with Crippen LogP contribution in [-0.4, -0.2) is 10.9 Å². The van der Waals surface area contributed by atoms with Gasteiger partial charge in [0.1, 0.15) is 5.82 Å². The molecule has 0 bridgehead atoms. The van der Waals surface area contributed by atoms with Gasteiger partial charge in [-0.1, -0.05) is 32.8 Å². The summed E-state index contributed by atoms with van der Waals surface area (Å²) in [7, 11) is 0. The Balaban J connectivity index is 2.57. The highest BCUT2D eigenvalue weighted by Gasteiger charge is 2.16. The highest BCUT2D eigenvalue weighted by Crippen LogP contribution is 2.15. The van der Waals surface area contributed by atoms with Crippen LogP contribution in [0.25, 0.3) is 0 Å². The molecule has 0 aliphatic rings. The van der Waals surface area contributed by atoms with E-state index in [9.17, 15) is 4.79 Å². The van der Waals surface area contributed by atoms with Gasteiger partial charge >= 0.3 is 0 Å². The van der Waals surface area contributed by atoms with Crippen molar-refractivity contribution in [1.29, 1.82) is 0 Å². The monoisotopic (exact) mass is 234 g/mol. The highest BCUT2D eigenvalue weighted by molar-refractivity contribution is 5.91. The van der Waals surface area contributed by atoms with Gasteiger partial charge in [0.15, 0.2) is 0 Å². The Labute approximate surface area is 104 Å². The van der Waals surface area contributed by atoms with E-state index >= 15 is 0 Å². The number of aromatic nitrogens is 1. The number of hydrogen-bond donors (Lipinski definition) is 1. The molecule has 0 aliphatic heterocycles. The van der Waals surface area contributed by atoms with Crippen LogP contribution in [0.15, 0.2) is 18.2 Å². The number of aryl methyl sites for hydroxylation is 1. The maximum absolute atomic E-state index is 12.0. The van der Waals surface area contributed by atoms with Crippen molar-refractivity contribution >= 4 is 11.7 Å². The maximum atomic E-state index is 12.0. The Morgan fingerprint density at radius 3 is 2.76 bits per heavy atom. The van der Waals surface area contributed by atoms with E-state index in [0.717, 1.165) is 31.4 Å². The lowest BCUT2D eigenvalue weighted by Gasteiger charge is -2.14. The first-order valence-corrected chi connectivity index (χ1v) is 6.41. The van der Waals surface area contributed by atoms with Gasteiger partial charge in [0, 0.05) is 11.6 Å². The van der Waals surface area contributed by atoms with Gasteiger partial charge in [0.05, 0.1) is 0 Å². The van der Waals surface area contributed by atoms with Crippen molar-refractivity contribution < 1.29 is 4.79 Å². The number of unbranched alkanes of at least 4 members (excludes halogenated alkanes) is 1. The quantitative estimate of drug-likeness (QED) is 0.818. The van der Waals surface area contributed by atoms with Crippen molar-refractivity contribution in [3.8, 4) is 0 Å². The van der Waals surface area contributed by atoms with E-state index in [1.807, 2.05) is 25.1 Å². The van der Waals surface area contributed by atoms with E-state index in [4.69, 9.17) is 0 Å². The van der Waals surface area contributed by atoms with Crippen LogP contribution < -0.4 is 5.32 Å². The molecule has 0 saturated heterocycles. The molecule has 94 valence electrons. The molecule has 0 radical (unpaired) electrons. The van der Waals surface area contributed by atoms with Gasteiger partial charge in [-0.05, 0) is 31.9 Å². The van der Waals surface area contributed by atoms with E-state index in [-0.39, 0.29) is 11.8 Å². The van der Waals surface area contributed by atoms with Gasteiger partial charge in [-0.25, -0.2) is 4.98 Å². The van der Waals surface area contributed by atoms with E-state index in [1.54, 1.807) is 0 Å². The standard InChI is InChI=1S/C14H22N2O/c1-4-6-9-12(5-2)14(17)16-13-10-7-8-11(3)15-13/h7-8,10,12H,4-6,9H2,1-3H3,(H,15,16,17)/t12-/m1/s1. The predicted molar refractivity (Wildman–Crippen MR) is 70.9 cm³/mol. The number of nitrogens with one attached hydrogen (secondary N) is 1. The Morgan fingerprint density at radius 2 is 2.18 bits per heavy atom. The first-order chi connectivity index (χ1) is 8.17. The normalized spacial score (nSPS) is 12.2. The van der Waals surface area contributed by atoms with Crippen LogP contribution >= 0.6 is 0 Å². The molecular formula is C14H22N2O. The first-order valence-electron chi connectivity index (χ1n) is 6.41. The molecule has 0 spiro atoms. The molecule has 3 heteroatoms. The lowest BCUT2D eigenvalue weighted by molar-refractivity contribution is -0.120. The van der Waals surface area contributed by atoms with Crippen LogP contribution in [-0.2, 0) is 4.79 Å². The highest BCUT2D eigenvalue weighted by atomic mass is 16.1. The molecule has 0 saturated carbocycles. The third-order valence-corrected chi connectivity index (χ3v) is 2.91. The minimum absolute atomic E-state index is 0.0963. The number of carbonyl (C=O) groups excluding carboxylic acids is 1. The van der Waals surface area contributed by atoms with Crippen molar-refractivity contribution in [1.82, 2.24) is 4.98 Å². The van der Waals surface area contributed by atoms with Crippen molar-refractivity contribution in [3.63, 3.8) is 0 Å². The zero-order valence-corrected chi connectivity index (χ0v) is 11.0. The van der Waals surface area contributed by atoms with Crippen LogP contribution in [0.4, 0.5) is 5.82 Å². The van der Waals surface area contributed by atoms with Crippen molar-refractivity contribution in [2.45, 2.75) is 46.5 Å². The summed E-state index contributed by atoms with van der Waals surface area (Å²) >= 11 is 0. The lowest BCUT2D eigenvalue weighted by atomic mass is 9.98. The van der Waals surface area contributed by atoms with Crippen molar-refractivity contribution in [3.05, 3.63) is 23.9 Å². The molecular weight excluding hydrogens is 212 g/mol. The fraction of sp³-hybridized carbons (Fsp3) is 0.571. The minimum Gasteiger partial charge on any atom is -0.310 e. The second kappa shape index (κ2) is 7.05. The van der Waals surface area contributed by atoms with Gasteiger partial charge in [-0.2, -0.15) is 0 Å². The number of hydrogen-bond acceptors (Lipinski definition) is 2. The van der Waals surface area contributed by atoms with E-state index in [2.05, 4.69) is 24.1 Å². The molecule has 1 heterocycles. The third kappa shape index (κ3) is 4.55. The van der Waals surface area contributed by atoms with Crippen LogP contribution in [0, 0.1) is 12.8 Å². The zero-order valence-electron chi connectivity index (χ0n) is 11.0. The lowest BCUT2D eigenvalue weighted by Crippen LogP contribution is -2.22. The SMILES string of the molecule is CCCC[C@@H](CC)C(=O)Nc1cccc(C)n1. The van der Waals surface area contributed by atoms with Crippen LogP contribution in [0.3, 0.4) is 0 Å². The van der Waals surface area contributed by atoms with Crippen LogP contribution in [0.5, 0.6) is 0 Å². The number of rotatable bonds is 6. The van der Waals surface area contributed by atoms with Gasteiger partial charge in [-0.3, -0.25) is 4.79 Å². The summed E-state index contributed by atoms with van der Waals surface area (Å²) in [6, 6.07) is 5.66. The predicted octanol–water partition coefficient (Wildman–Crippen LogP) is 3.54. The average molecular weight is 234 g/mol. The van der Waals surface area contributed by atoms with Gasteiger partial charge in [-0.15, -0.1) is 0 Å². The summed E-state index contributed by atoms with van der Waals surface area (Å²) in [5.74, 6) is 0.862. The molecule has 3 nitrogen and oxygen atoms in total. The number of nitrogens with zero attached hydrogens (tertiary/aromatic N) is 1. The van der Waals surface area contributed by atoms with E-state index < -0.39 is 0 Å². The largest absolute Gasteiger partial charge is 0.310 e. The molecule has 1 aromatic heterocycles. The Bertz CT molecular complexity index is 363. The maximum Gasteiger partial charge on any atom is 0.228 e. The second-order valence-electron chi connectivity index (χ2n) is 4.40. The summed E-state index contributed by atoms with van der Waals surface area (Å²) in [6.45, 7) is 6.13. The molecule has 0 aliphatic carbocycles. The second-order valence-corrected chi connectivity index (χ2v) is 4.40. The smallest absolute Gasteiger partial charge is 0.228 e. The molecule has 1 rings (SSSR count). The summed E-state index contributed by atoms with van der Waals surface area (Å²) in [5.41, 5.74) is 0.921. The van der Waals surface area contributed by atoms with Crippen molar-refractivity contribution in [2.75, 3.05) is 5.32 Å². The zero-order chi connectivity index (χ0) is 12.7. The fourth-order valence-electron chi connectivity index (χ4n) is 1.81. The molecule has 1 N–H and O–H groups in total. The summed E-state index contributed by atoms with van der Waals surface area (Å²) < 4.78 is 0. The topological polar surface area (TPSA) is 42.0 Å². The summed E-state index contributed by atoms with van der Waals surface area (Å²) in [6.07, 6.45) is 4.09. The van der Waals surface area contributed by atoms with E-state index in [0.29, 0.717) is 5.82 Å². The number of pyridine rings is 1. The summed E-state index contributed by atoms with van der Waals surface area (Å²) in [4.78, 5) is 16.3.